The van der Waals surface area contributed by atoms with Gasteiger partial charge in [0.2, 0.25) is 5.91 Å². The smallest absolute Gasteiger partial charge is 0.262 e. The van der Waals surface area contributed by atoms with Crippen molar-refractivity contribution in [2.75, 3.05) is 5.32 Å². The third-order valence-electron chi connectivity index (χ3n) is 4.61. The highest BCUT2D eigenvalue weighted by atomic mass is 32.2. The second-order valence-electron chi connectivity index (χ2n) is 6.89. The monoisotopic (exact) mass is 433 g/mol. The minimum atomic E-state index is -0.547. The zero-order valence-electron chi connectivity index (χ0n) is 16.8. The molecule has 4 aromatic rings. The fourth-order valence-corrected chi connectivity index (χ4v) is 3.78. The number of thioether (sulfide) groups is 1. The number of benzene rings is 2. The number of nitrogens with zero attached hydrogens (tertiary/aromatic N) is 3. The Balaban J connectivity index is 1.56. The average molecular weight is 433 g/mol. The van der Waals surface area contributed by atoms with Crippen LogP contribution in [0.5, 0.6) is 0 Å². The molecule has 8 nitrogen and oxygen atoms in total. The van der Waals surface area contributed by atoms with Gasteiger partial charge in [0, 0.05) is 11.3 Å². The quantitative estimate of drug-likeness (QED) is 0.274. The van der Waals surface area contributed by atoms with E-state index in [0.717, 1.165) is 17.4 Å². The molecule has 2 N–H and O–H groups in total. The Morgan fingerprint density at radius 1 is 1.13 bits per heavy atom. The third kappa shape index (κ3) is 4.41. The van der Waals surface area contributed by atoms with Crippen molar-refractivity contribution in [2.45, 2.75) is 24.3 Å². The molecule has 4 rings (SSSR count). The van der Waals surface area contributed by atoms with Crippen LogP contribution in [0.1, 0.15) is 24.2 Å². The summed E-state index contributed by atoms with van der Waals surface area (Å²) in [5, 5.41) is 7.21. The van der Waals surface area contributed by atoms with Crippen LogP contribution in [0.15, 0.2) is 70.7 Å². The maximum Gasteiger partial charge on any atom is 0.262 e. The minimum Gasteiger partial charge on any atom is -0.325 e. The summed E-state index contributed by atoms with van der Waals surface area (Å²) >= 11 is 1.13. The lowest BCUT2D eigenvalue weighted by atomic mass is 10.1. The Hall–Kier alpha value is -3.72. The van der Waals surface area contributed by atoms with Gasteiger partial charge in [-0.1, -0.05) is 42.1 Å². The molecule has 0 saturated heterocycles. The molecule has 2 heterocycles. The number of ketones is 1. The lowest BCUT2D eigenvalue weighted by Gasteiger charge is -2.12. The van der Waals surface area contributed by atoms with E-state index in [0.29, 0.717) is 27.4 Å². The fourth-order valence-electron chi connectivity index (χ4n) is 2.99. The second kappa shape index (κ2) is 8.57. The maximum absolute atomic E-state index is 12.6. The molecule has 0 saturated carbocycles. The number of para-hydroxylation sites is 1. The second-order valence-corrected chi connectivity index (χ2v) is 8.22. The summed E-state index contributed by atoms with van der Waals surface area (Å²) < 4.78 is 1.59. The number of fused-ring (bicyclic) bond motifs is 1. The summed E-state index contributed by atoms with van der Waals surface area (Å²) in [5.41, 5.74) is 1.92. The largest absolute Gasteiger partial charge is 0.325 e. The Morgan fingerprint density at radius 3 is 2.65 bits per heavy atom. The third-order valence-corrected chi connectivity index (χ3v) is 5.60. The predicted molar refractivity (Wildman–Crippen MR) is 120 cm³/mol. The van der Waals surface area contributed by atoms with Crippen LogP contribution in [-0.2, 0) is 4.79 Å². The molecule has 9 heteroatoms. The van der Waals surface area contributed by atoms with E-state index in [2.05, 4.69) is 20.4 Å². The Morgan fingerprint density at radius 2 is 1.90 bits per heavy atom. The number of aromatic amines is 1. The number of carbonyl (C=O) groups excluding carboxylic acids is 2. The van der Waals surface area contributed by atoms with E-state index in [9.17, 15) is 14.4 Å². The van der Waals surface area contributed by atoms with E-state index in [1.165, 1.54) is 13.1 Å². The summed E-state index contributed by atoms with van der Waals surface area (Å²) in [4.78, 5) is 43.9. The molecular weight excluding hydrogens is 414 g/mol. The molecule has 0 aliphatic rings. The van der Waals surface area contributed by atoms with Crippen LogP contribution in [0, 0.1) is 0 Å². The molecule has 1 atom stereocenters. The number of hydrogen-bond donors (Lipinski definition) is 2. The first kappa shape index (κ1) is 20.5. The van der Waals surface area contributed by atoms with E-state index < -0.39 is 5.25 Å². The fraction of sp³-hybridized carbons (Fsp3) is 0.136. The lowest BCUT2D eigenvalue weighted by Crippen LogP contribution is -2.23. The molecule has 0 aliphatic carbocycles. The Kier molecular flexibility index (Phi) is 5.68. The molecule has 0 spiro atoms. The van der Waals surface area contributed by atoms with Gasteiger partial charge in [-0.25, -0.2) is 9.67 Å². The lowest BCUT2D eigenvalue weighted by molar-refractivity contribution is -0.115. The van der Waals surface area contributed by atoms with Crippen LogP contribution in [-0.4, -0.2) is 36.7 Å². The summed E-state index contributed by atoms with van der Waals surface area (Å²) in [7, 11) is 0. The van der Waals surface area contributed by atoms with Gasteiger partial charge in [0.05, 0.1) is 17.1 Å². The zero-order chi connectivity index (χ0) is 22.0. The van der Waals surface area contributed by atoms with Gasteiger partial charge in [0.1, 0.15) is 5.39 Å². The molecule has 0 bridgehead atoms. The topological polar surface area (TPSA) is 110 Å². The number of hydrogen-bond acceptors (Lipinski definition) is 6. The Bertz CT molecular complexity index is 1330. The van der Waals surface area contributed by atoms with E-state index in [-0.39, 0.29) is 17.2 Å². The van der Waals surface area contributed by atoms with Crippen molar-refractivity contribution in [3.05, 3.63) is 76.7 Å². The number of amides is 1. The van der Waals surface area contributed by atoms with Gasteiger partial charge in [-0.3, -0.25) is 14.4 Å². The van der Waals surface area contributed by atoms with Gasteiger partial charge >= 0.3 is 0 Å². The average Bonchev–Trinajstić information content (AvgIpc) is 3.19. The molecular formula is C22H19N5O3S. The number of aromatic nitrogens is 4. The summed E-state index contributed by atoms with van der Waals surface area (Å²) in [6.07, 6.45) is 1.47. The molecule has 31 heavy (non-hydrogen) atoms. The number of Topliss-reactive ketones (excluding diaryl/α,β-unsaturated/α-hetero) is 1. The van der Waals surface area contributed by atoms with Crippen LogP contribution >= 0.6 is 11.8 Å². The zero-order valence-corrected chi connectivity index (χ0v) is 17.6. The van der Waals surface area contributed by atoms with Gasteiger partial charge in [0.15, 0.2) is 16.6 Å². The number of nitrogens with one attached hydrogen (secondary N) is 2. The highest BCUT2D eigenvalue weighted by molar-refractivity contribution is 8.00. The molecule has 2 aromatic heterocycles. The van der Waals surface area contributed by atoms with Crippen molar-refractivity contribution in [1.29, 1.82) is 0 Å². The molecule has 2 aromatic carbocycles. The highest BCUT2D eigenvalue weighted by Gasteiger charge is 2.18. The maximum atomic E-state index is 12.6. The number of carbonyl (C=O) groups is 2. The van der Waals surface area contributed by atoms with Gasteiger partial charge in [0.25, 0.3) is 5.56 Å². The van der Waals surface area contributed by atoms with Crippen molar-refractivity contribution < 1.29 is 9.59 Å². The van der Waals surface area contributed by atoms with Crippen LogP contribution < -0.4 is 10.9 Å². The first-order valence-electron chi connectivity index (χ1n) is 9.54. The van der Waals surface area contributed by atoms with E-state index in [1.807, 2.05) is 30.3 Å². The van der Waals surface area contributed by atoms with E-state index in [1.54, 1.807) is 35.9 Å². The summed E-state index contributed by atoms with van der Waals surface area (Å²) in [5.74, 6) is -0.353. The molecule has 0 aliphatic heterocycles. The van der Waals surface area contributed by atoms with Crippen molar-refractivity contribution in [2.24, 2.45) is 0 Å². The standard InChI is InChI=1S/C22H19N5O3S/c1-13(28)15-7-6-8-16(11-15)24-20(29)14(2)31-22-25-19-18(21(30)26-22)12-23-27(19)17-9-4-3-5-10-17/h3-12,14H,1-2H3,(H,24,29)(H,25,26,30)/t14-/m1/s1. The van der Waals surface area contributed by atoms with Crippen molar-refractivity contribution in [1.82, 2.24) is 19.7 Å². The molecule has 0 radical (unpaired) electrons. The first-order valence-corrected chi connectivity index (χ1v) is 10.4. The molecule has 1 amide bonds. The number of H-pyrrole nitrogens is 1. The van der Waals surface area contributed by atoms with Crippen molar-refractivity contribution in [3.63, 3.8) is 0 Å². The summed E-state index contributed by atoms with van der Waals surface area (Å²) in [6, 6.07) is 16.1. The van der Waals surface area contributed by atoms with Crippen LogP contribution in [0.4, 0.5) is 5.69 Å². The highest BCUT2D eigenvalue weighted by Crippen LogP contribution is 2.23. The SMILES string of the molecule is CC(=O)c1cccc(NC(=O)[C@@H](C)Sc2nc3c(cnn3-c3ccccc3)c(=O)[nH]2)c1. The predicted octanol–water partition coefficient (Wildman–Crippen LogP) is 3.43. The van der Waals surface area contributed by atoms with E-state index >= 15 is 0 Å². The van der Waals surface area contributed by atoms with Crippen LogP contribution in [0.25, 0.3) is 16.7 Å². The molecule has 0 unspecified atom stereocenters. The minimum absolute atomic E-state index is 0.0800. The number of rotatable bonds is 6. The van der Waals surface area contributed by atoms with Crippen LogP contribution in [0.2, 0.25) is 0 Å². The Labute approximate surface area is 181 Å². The normalized spacial score (nSPS) is 11.9. The number of anilines is 1. The summed E-state index contributed by atoms with van der Waals surface area (Å²) in [6.45, 7) is 3.19. The molecule has 0 fully saturated rings. The van der Waals surface area contributed by atoms with Crippen LogP contribution in [0.3, 0.4) is 0 Å². The van der Waals surface area contributed by atoms with Gasteiger partial charge in [-0.15, -0.1) is 0 Å². The molecule has 156 valence electrons. The van der Waals surface area contributed by atoms with Crippen molar-refractivity contribution in [3.8, 4) is 5.69 Å². The van der Waals surface area contributed by atoms with Gasteiger partial charge in [-0.2, -0.15) is 5.10 Å². The van der Waals surface area contributed by atoms with E-state index in [4.69, 9.17) is 0 Å². The van der Waals surface area contributed by atoms with Crippen molar-refractivity contribution >= 4 is 40.2 Å². The van der Waals surface area contributed by atoms with Gasteiger partial charge < -0.3 is 10.3 Å². The van der Waals surface area contributed by atoms with Gasteiger partial charge in [-0.05, 0) is 38.1 Å². The first-order chi connectivity index (χ1) is 14.9.